The number of hydrogen-bond donors (Lipinski definition) is 1. The average molecular weight is 182 g/mol. The van der Waals surface area contributed by atoms with Crippen molar-refractivity contribution < 1.29 is 0 Å². The van der Waals surface area contributed by atoms with Crippen molar-refractivity contribution in [2.45, 2.75) is 11.7 Å². The fraction of sp³-hybridized carbons (Fsp3) is 0.333. The van der Waals surface area contributed by atoms with Crippen molar-refractivity contribution in [1.29, 1.82) is 0 Å². The molecule has 11 heavy (non-hydrogen) atoms. The van der Waals surface area contributed by atoms with Gasteiger partial charge >= 0.3 is 0 Å². The van der Waals surface area contributed by atoms with Gasteiger partial charge < -0.3 is 0 Å². The van der Waals surface area contributed by atoms with Crippen LogP contribution in [-0.4, -0.2) is 4.75 Å². The molecule has 0 saturated heterocycles. The predicted octanol–water partition coefficient (Wildman–Crippen LogP) is 3.01. The first-order valence-electron chi connectivity index (χ1n) is 3.65. The minimum absolute atomic E-state index is 0.270. The number of rotatable bonds is 0. The summed E-state index contributed by atoms with van der Waals surface area (Å²) in [6.45, 7) is 2.26. The summed E-state index contributed by atoms with van der Waals surface area (Å²) in [5, 5.41) is 2.18. The van der Waals surface area contributed by atoms with Crippen molar-refractivity contribution in [3.05, 3.63) is 34.6 Å². The van der Waals surface area contributed by atoms with E-state index in [-0.39, 0.29) is 4.75 Å². The summed E-state index contributed by atoms with van der Waals surface area (Å²) >= 11 is 6.20. The third-order valence-corrected chi connectivity index (χ3v) is 3.71. The Morgan fingerprint density at radius 2 is 2.45 bits per heavy atom. The molecule has 0 aromatic carbocycles. The first-order valence-corrected chi connectivity index (χ1v) is 4.98. The third kappa shape index (κ3) is 1.18. The van der Waals surface area contributed by atoms with E-state index in [0.717, 1.165) is 4.91 Å². The smallest absolute Gasteiger partial charge is 0.0453 e. The summed E-state index contributed by atoms with van der Waals surface area (Å²) in [4.78, 5) is 1.08. The van der Waals surface area contributed by atoms with Gasteiger partial charge in [0.15, 0.2) is 0 Å². The van der Waals surface area contributed by atoms with E-state index in [0.29, 0.717) is 5.92 Å². The van der Waals surface area contributed by atoms with Crippen LogP contribution in [0.2, 0.25) is 0 Å². The summed E-state index contributed by atoms with van der Waals surface area (Å²) < 4.78 is 0.270. The molecule has 1 heterocycles. The summed E-state index contributed by atoms with van der Waals surface area (Å²) in [5.74, 6) is 0.546. The molecule has 0 nitrogen and oxygen atoms in total. The molecule has 0 radical (unpaired) electrons. The van der Waals surface area contributed by atoms with Gasteiger partial charge in [0, 0.05) is 15.6 Å². The molecule has 2 aliphatic rings. The second-order valence-corrected chi connectivity index (χ2v) is 4.98. The Bertz CT molecular complexity index is 263. The summed E-state index contributed by atoms with van der Waals surface area (Å²) in [7, 11) is 0. The van der Waals surface area contributed by atoms with Crippen LogP contribution >= 0.6 is 24.4 Å². The molecular weight excluding hydrogens is 172 g/mol. The van der Waals surface area contributed by atoms with E-state index < -0.39 is 0 Å². The highest BCUT2D eigenvalue weighted by atomic mass is 32.2. The molecule has 0 N–H and O–H groups in total. The van der Waals surface area contributed by atoms with Crippen LogP contribution in [0.1, 0.15) is 6.92 Å². The van der Waals surface area contributed by atoms with Crippen molar-refractivity contribution >= 4 is 24.4 Å². The van der Waals surface area contributed by atoms with E-state index in [4.69, 9.17) is 0 Å². The second-order valence-electron chi connectivity index (χ2n) is 3.08. The Balaban J connectivity index is 2.36. The predicted molar refractivity (Wildman–Crippen MR) is 54.8 cm³/mol. The molecule has 2 rings (SSSR count). The quantitative estimate of drug-likeness (QED) is 0.562. The average Bonchev–Trinajstić information content (AvgIpc) is 2.31. The number of thiol groups is 1. The lowest BCUT2D eigenvalue weighted by Crippen LogP contribution is -2.24. The molecule has 0 spiro atoms. The van der Waals surface area contributed by atoms with E-state index in [1.54, 1.807) is 0 Å². The van der Waals surface area contributed by atoms with Gasteiger partial charge in [-0.2, -0.15) is 0 Å². The lowest BCUT2D eigenvalue weighted by atomic mass is 9.89. The normalized spacial score (nSPS) is 40.5. The highest BCUT2D eigenvalue weighted by Gasteiger charge is 2.34. The van der Waals surface area contributed by atoms with Gasteiger partial charge in [0.2, 0.25) is 0 Å². The summed E-state index contributed by atoms with van der Waals surface area (Å²) in [6.07, 6.45) is 8.77. The molecule has 0 aromatic heterocycles. The first kappa shape index (κ1) is 7.56. The third-order valence-electron chi connectivity index (χ3n) is 2.21. The Morgan fingerprint density at radius 3 is 3.27 bits per heavy atom. The van der Waals surface area contributed by atoms with Crippen LogP contribution in [0.4, 0.5) is 0 Å². The van der Waals surface area contributed by atoms with Gasteiger partial charge in [-0.15, -0.1) is 24.4 Å². The number of fused-ring (bicyclic) bond motifs is 1. The molecule has 1 unspecified atom stereocenters. The molecule has 58 valence electrons. The summed E-state index contributed by atoms with van der Waals surface area (Å²) in [6, 6.07) is 0. The topological polar surface area (TPSA) is 0 Å². The molecular formula is C9H10S2. The maximum Gasteiger partial charge on any atom is 0.0453 e. The zero-order valence-electron chi connectivity index (χ0n) is 6.32. The van der Waals surface area contributed by atoms with Crippen molar-refractivity contribution in [1.82, 2.24) is 0 Å². The van der Waals surface area contributed by atoms with E-state index in [2.05, 4.69) is 49.3 Å². The Morgan fingerprint density at radius 1 is 1.64 bits per heavy atom. The maximum atomic E-state index is 4.31. The fourth-order valence-electron chi connectivity index (χ4n) is 1.40. The van der Waals surface area contributed by atoms with Gasteiger partial charge in [-0.3, -0.25) is 0 Å². The minimum atomic E-state index is 0.270. The van der Waals surface area contributed by atoms with Crippen LogP contribution in [-0.2, 0) is 0 Å². The van der Waals surface area contributed by atoms with Crippen LogP contribution in [0.15, 0.2) is 34.6 Å². The molecule has 0 fully saturated rings. The summed E-state index contributed by atoms with van der Waals surface area (Å²) in [5.41, 5.74) is 0. The zero-order chi connectivity index (χ0) is 7.90. The minimum Gasteiger partial charge on any atom is -0.144 e. The Kier molecular flexibility index (Phi) is 1.69. The van der Waals surface area contributed by atoms with Gasteiger partial charge in [0.1, 0.15) is 0 Å². The van der Waals surface area contributed by atoms with Gasteiger partial charge in [-0.05, 0) is 12.3 Å². The van der Waals surface area contributed by atoms with Crippen molar-refractivity contribution in [3.8, 4) is 0 Å². The Hall–Kier alpha value is -0.0800. The largest absolute Gasteiger partial charge is 0.144 e. The fourth-order valence-corrected chi connectivity index (χ4v) is 2.63. The van der Waals surface area contributed by atoms with Gasteiger partial charge in [-0.1, -0.05) is 24.3 Å². The SMILES string of the molecule is C[C@@]12C=CC(S)=CC1C=CS2. The molecule has 0 saturated carbocycles. The lowest BCUT2D eigenvalue weighted by molar-refractivity contribution is 0.670. The van der Waals surface area contributed by atoms with Crippen LogP contribution in [0.3, 0.4) is 0 Å². The van der Waals surface area contributed by atoms with E-state index in [1.807, 2.05) is 11.8 Å². The molecule has 2 atom stereocenters. The monoisotopic (exact) mass is 182 g/mol. The van der Waals surface area contributed by atoms with Crippen LogP contribution in [0, 0.1) is 5.92 Å². The molecule has 1 aliphatic heterocycles. The lowest BCUT2D eigenvalue weighted by Gasteiger charge is -2.27. The van der Waals surface area contributed by atoms with Crippen molar-refractivity contribution in [3.63, 3.8) is 0 Å². The molecule has 0 aromatic rings. The second kappa shape index (κ2) is 2.46. The number of hydrogen-bond acceptors (Lipinski definition) is 2. The highest BCUT2D eigenvalue weighted by Crippen LogP contribution is 2.45. The Labute approximate surface area is 76.9 Å². The van der Waals surface area contributed by atoms with Gasteiger partial charge in [0.25, 0.3) is 0 Å². The number of thioether (sulfide) groups is 1. The molecule has 0 amide bonds. The first-order chi connectivity index (χ1) is 5.21. The molecule has 1 aliphatic carbocycles. The molecule has 2 heteroatoms. The van der Waals surface area contributed by atoms with Crippen LogP contribution < -0.4 is 0 Å². The number of allylic oxidation sites excluding steroid dienone is 3. The zero-order valence-corrected chi connectivity index (χ0v) is 8.03. The van der Waals surface area contributed by atoms with Crippen molar-refractivity contribution in [2.75, 3.05) is 0 Å². The standard InChI is InChI=1S/C9H10S2/c1-9-4-2-8(10)6-7(9)3-5-11-9/h2-7,10H,1H3/t7?,9-/m1/s1. The van der Waals surface area contributed by atoms with Crippen LogP contribution in [0.25, 0.3) is 0 Å². The van der Waals surface area contributed by atoms with Gasteiger partial charge in [-0.25, -0.2) is 0 Å². The maximum absolute atomic E-state index is 4.31. The van der Waals surface area contributed by atoms with E-state index >= 15 is 0 Å². The van der Waals surface area contributed by atoms with Crippen LogP contribution in [0.5, 0.6) is 0 Å². The van der Waals surface area contributed by atoms with Crippen molar-refractivity contribution in [2.24, 2.45) is 5.92 Å². The van der Waals surface area contributed by atoms with E-state index in [1.165, 1.54) is 0 Å². The van der Waals surface area contributed by atoms with E-state index in [9.17, 15) is 0 Å². The highest BCUT2D eigenvalue weighted by molar-refractivity contribution is 8.03. The van der Waals surface area contributed by atoms with Gasteiger partial charge in [0.05, 0.1) is 0 Å². The molecule has 0 bridgehead atoms.